The molecule has 0 bridgehead atoms. The van der Waals surface area contributed by atoms with Gasteiger partial charge in [-0.2, -0.15) is 4.57 Å². The van der Waals surface area contributed by atoms with Crippen LogP contribution in [0.5, 0.6) is 0 Å². The van der Waals surface area contributed by atoms with E-state index in [9.17, 15) is 9.59 Å². The summed E-state index contributed by atoms with van der Waals surface area (Å²) in [5.74, 6) is -0.627. The van der Waals surface area contributed by atoms with E-state index in [1.165, 1.54) is 0 Å². The first-order chi connectivity index (χ1) is 12.2. The molecular formula is C21H15NO2S. The van der Waals surface area contributed by atoms with E-state index in [2.05, 4.69) is 0 Å². The molecule has 0 fully saturated rings. The Balaban J connectivity index is 2.14. The number of carbonyl (C=O) groups excluding carboxylic acids is 2. The molecule has 0 saturated heterocycles. The van der Waals surface area contributed by atoms with E-state index in [-0.39, 0.29) is 22.2 Å². The van der Waals surface area contributed by atoms with E-state index in [1.807, 2.05) is 18.2 Å². The molecule has 0 atom stereocenters. The van der Waals surface area contributed by atoms with E-state index < -0.39 is 0 Å². The Bertz CT molecular complexity index is 920. The van der Waals surface area contributed by atoms with Crippen molar-refractivity contribution in [2.24, 2.45) is 0 Å². The second-order valence-electron chi connectivity index (χ2n) is 5.35. The highest BCUT2D eigenvalue weighted by Gasteiger charge is 2.24. The Morgan fingerprint density at radius 1 is 0.640 bits per heavy atom. The predicted octanol–water partition coefficient (Wildman–Crippen LogP) is 3.46. The monoisotopic (exact) mass is 345 g/mol. The highest BCUT2D eigenvalue weighted by atomic mass is 32.1. The number of aromatic nitrogens is 1. The fraction of sp³-hybridized carbons (Fsp3) is 0. The van der Waals surface area contributed by atoms with Crippen LogP contribution in [-0.4, -0.2) is 11.6 Å². The Hall–Kier alpha value is -3.11. The summed E-state index contributed by atoms with van der Waals surface area (Å²) < 4.78 is 1.60. The highest BCUT2D eigenvalue weighted by molar-refractivity contribution is 7.65. The molecule has 0 N–H and O–H groups in total. The summed E-state index contributed by atoms with van der Waals surface area (Å²) in [5, 5.41) is 0. The van der Waals surface area contributed by atoms with Crippen LogP contribution >= 0.6 is 0 Å². The van der Waals surface area contributed by atoms with Gasteiger partial charge >= 0.3 is 0 Å². The molecule has 2 aromatic carbocycles. The van der Waals surface area contributed by atoms with Gasteiger partial charge in [-0.05, 0) is 4.91 Å². The molecule has 0 spiro atoms. The van der Waals surface area contributed by atoms with Crippen LogP contribution in [0.25, 0.3) is 5.70 Å². The van der Waals surface area contributed by atoms with Gasteiger partial charge in [0, 0.05) is 23.3 Å². The summed E-state index contributed by atoms with van der Waals surface area (Å²) in [7, 11) is 0. The molecule has 25 heavy (non-hydrogen) atoms. The van der Waals surface area contributed by atoms with Gasteiger partial charge in [0.05, 0.1) is 0 Å². The second-order valence-corrected chi connectivity index (χ2v) is 5.76. The summed E-state index contributed by atoms with van der Waals surface area (Å²) >= 11 is 5.41. The smallest absolute Gasteiger partial charge is 0.255 e. The highest BCUT2D eigenvalue weighted by Crippen LogP contribution is 2.16. The SMILES string of the molecule is O=C(C([S-])=C(C(=O)c1ccccc1)[n+]1ccccc1)c1ccccc1. The van der Waals surface area contributed by atoms with Crippen molar-refractivity contribution in [3.63, 3.8) is 0 Å². The number of Topliss-reactive ketones (excluding diaryl/α,β-unsaturated/α-hetero) is 2. The number of nitrogens with zero attached hydrogens (tertiary/aromatic N) is 1. The van der Waals surface area contributed by atoms with E-state index in [0.29, 0.717) is 11.1 Å². The maximum atomic E-state index is 13.0. The second kappa shape index (κ2) is 7.64. The average Bonchev–Trinajstić information content (AvgIpc) is 2.69. The van der Waals surface area contributed by atoms with Crippen molar-refractivity contribution in [3.05, 3.63) is 107 Å². The van der Waals surface area contributed by atoms with Crippen molar-refractivity contribution in [1.82, 2.24) is 0 Å². The predicted molar refractivity (Wildman–Crippen MR) is 98.8 cm³/mol. The van der Waals surface area contributed by atoms with Gasteiger partial charge in [-0.25, -0.2) is 0 Å². The van der Waals surface area contributed by atoms with Gasteiger partial charge in [0.1, 0.15) is 0 Å². The topological polar surface area (TPSA) is 38.0 Å². The van der Waals surface area contributed by atoms with E-state index in [4.69, 9.17) is 12.6 Å². The third kappa shape index (κ3) is 3.70. The zero-order valence-corrected chi connectivity index (χ0v) is 14.1. The van der Waals surface area contributed by atoms with Crippen molar-refractivity contribution < 1.29 is 14.2 Å². The van der Waals surface area contributed by atoms with Crippen LogP contribution in [-0.2, 0) is 12.6 Å². The van der Waals surface area contributed by atoms with Crippen molar-refractivity contribution in [3.8, 4) is 0 Å². The fourth-order valence-corrected chi connectivity index (χ4v) is 2.76. The molecule has 3 aromatic rings. The first-order valence-electron chi connectivity index (χ1n) is 7.76. The lowest BCUT2D eigenvalue weighted by atomic mass is 10.0. The van der Waals surface area contributed by atoms with E-state index in [1.54, 1.807) is 77.6 Å². The molecule has 0 unspecified atom stereocenters. The van der Waals surface area contributed by atoms with Crippen molar-refractivity contribution in [2.45, 2.75) is 0 Å². The summed E-state index contributed by atoms with van der Waals surface area (Å²) in [6.07, 6.45) is 3.42. The van der Waals surface area contributed by atoms with Gasteiger partial charge in [0.25, 0.3) is 5.78 Å². The Kier molecular flexibility index (Phi) is 5.11. The molecule has 0 amide bonds. The molecule has 3 nitrogen and oxygen atoms in total. The van der Waals surface area contributed by atoms with Gasteiger partial charge in [0.15, 0.2) is 18.2 Å². The van der Waals surface area contributed by atoms with Crippen LogP contribution in [0.15, 0.2) is 96.2 Å². The van der Waals surface area contributed by atoms with Crippen LogP contribution in [0, 0.1) is 0 Å². The minimum Gasteiger partial charge on any atom is -0.769 e. The average molecular weight is 345 g/mol. The maximum Gasteiger partial charge on any atom is 0.255 e. The van der Waals surface area contributed by atoms with Crippen molar-refractivity contribution in [1.29, 1.82) is 0 Å². The summed E-state index contributed by atoms with van der Waals surface area (Å²) in [6, 6.07) is 23.0. The first-order valence-corrected chi connectivity index (χ1v) is 8.17. The number of rotatable bonds is 5. The molecule has 0 aliphatic heterocycles. The third-order valence-electron chi connectivity index (χ3n) is 3.68. The van der Waals surface area contributed by atoms with Crippen molar-refractivity contribution in [2.75, 3.05) is 0 Å². The van der Waals surface area contributed by atoms with Crippen LogP contribution < -0.4 is 4.57 Å². The summed E-state index contributed by atoms with van der Waals surface area (Å²) in [5.41, 5.74) is 1.12. The number of hydrogen-bond donors (Lipinski definition) is 0. The maximum absolute atomic E-state index is 13.0. The Labute approximate surface area is 151 Å². The Morgan fingerprint density at radius 2 is 1.08 bits per heavy atom. The molecule has 3 rings (SSSR count). The molecule has 0 aliphatic carbocycles. The van der Waals surface area contributed by atoms with Crippen LogP contribution in [0.4, 0.5) is 0 Å². The molecule has 4 heteroatoms. The Morgan fingerprint density at radius 3 is 1.60 bits per heavy atom. The van der Waals surface area contributed by atoms with Gasteiger partial charge < -0.3 is 12.6 Å². The van der Waals surface area contributed by atoms with Gasteiger partial charge in [-0.1, -0.05) is 66.7 Å². The number of ketones is 2. The first kappa shape index (κ1) is 16.7. The van der Waals surface area contributed by atoms with Crippen LogP contribution in [0.2, 0.25) is 0 Å². The lowest BCUT2D eigenvalue weighted by molar-refractivity contribution is -0.576. The molecule has 0 aliphatic rings. The summed E-state index contributed by atoms with van der Waals surface area (Å²) in [4.78, 5) is 25.8. The third-order valence-corrected chi connectivity index (χ3v) is 4.06. The zero-order chi connectivity index (χ0) is 17.6. The van der Waals surface area contributed by atoms with Gasteiger partial charge in [0.2, 0.25) is 5.70 Å². The molecular weight excluding hydrogens is 330 g/mol. The lowest BCUT2D eigenvalue weighted by Crippen LogP contribution is -2.37. The van der Waals surface area contributed by atoms with Crippen LogP contribution in [0.3, 0.4) is 0 Å². The number of hydrogen-bond acceptors (Lipinski definition) is 3. The van der Waals surface area contributed by atoms with E-state index >= 15 is 0 Å². The van der Waals surface area contributed by atoms with Crippen LogP contribution in [0.1, 0.15) is 20.7 Å². The zero-order valence-electron chi connectivity index (χ0n) is 13.3. The molecule has 122 valence electrons. The van der Waals surface area contributed by atoms with Gasteiger partial charge in [-0.15, -0.1) is 0 Å². The standard InChI is InChI=1S/C21H15NO2S/c23-19(16-10-4-1-5-11-16)18(22-14-8-3-9-15-22)21(25)20(24)17-12-6-2-7-13-17/h1-15H. The molecule has 0 saturated carbocycles. The molecule has 0 radical (unpaired) electrons. The normalized spacial score (nSPS) is 11.5. The largest absolute Gasteiger partial charge is 0.769 e. The number of allylic oxidation sites excluding steroid dienone is 2. The van der Waals surface area contributed by atoms with E-state index in [0.717, 1.165) is 0 Å². The lowest BCUT2D eigenvalue weighted by Gasteiger charge is -2.14. The minimum absolute atomic E-state index is 0.00347. The summed E-state index contributed by atoms with van der Waals surface area (Å²) in [6.45, 7) is 0. The van der Waals surface area contributed by atoms with Gasteiger partial charge in [-0.3, -0.25) is 9.59 Å². The minimum atomic E-state index is -0.341. The fourth-order valence-electron chi connectivity index (χ4n) is 2.44. The molecule has 1 heterocycles. The number of pyridine rings is 1. The van der Waals surface area contributed by atoms with Crippen molar-refractivity contribution >= 4 is 29.9 Å². The number of benzene rings is 2. The number of carbonyl (C=O) groups is 2. The quantitative estimate of drug-likeness (QED) is 0.308. The molecule has 1 aromatic heterocycles.